The number of carbonyl (C=O) groups is 4. The maximum atomic E-state index is 11.3. The zero-order valence-corrected chi connectivity index (χ0v) is 11.5. The minimum Gasteiger partial charge on any atom is -0.393 e. The fourth-order valence-corrected chi connectivity index (χ4v) is 1.89. The van der Waals surface area contributed by atoms with E-state index in [0.717, 1.165) is 12.8 Å². The molecule has 0 atom stereocenters. The number of esters is 4. The zero-order chi connectivity index (χ0) is 14.8. The molecule has 0 spiro atoms. The van der Waals surface area contributed by atoms with E-state index in [1.54, 1.807) is 0 Å². The van der Waals surface area contributed by atoms with Gasteiger partial charge in [0.05, 0.1) is 0 Å². The SMILES string of the molecule is O=C1CCCCCCC(=O)OC(=O)CCCCC(=O)O1. The van der Waals surface area contributed by atoms with Crippen LogP contribution in [0.25, 0.3) is 0 Å². The number of hydrogen-bond donors (Lipinski definition) is 0. The minimum atomic E-state index is -0.563. The van der Waals surface area contributed by atoms with Gasteiger partial charge in [-0.3, -0.25) is 19.2 Å². The van der Waals surface area contributed by atoms with Gasteiger partial charge in [-0.1, -0.05) is 12.8 Å². The molecule has 0 saturated carbocycles. The second kappa shape index (κ2) is 9.23. The third-order valence-corrected chi connectivity index (χ3v) is 2.98. The molecule has 1 fully saturated rings. The lowest BCUT2D eigenvalue weighted by molar-refractivity contribution is -0.162. The van der Waals surface area contributed by atoms with Gasteiger partial charge in [-0.25, -0.2) is 0 Å². The molecule has 112 valence electrons. The fraction of sp³-hybridized carbons (Fsp3) is 0.714. The Bertz CT molecular complexity index is 338. The Labute approximate surface area is 117 Å². The normalized spacial score (nSPS) is 21.2. The van der Waals surface area contributed by atoms with Crippen LogP contribution in [0.1, 0.15) is 64.2 Å². The van der Waals surface area contributed by atoms with Crippen LogP contribution in [0, 0.1) is 0 Å². The quantitative estimate of drug-likeness (QED) is 0.499. The van der Waals surface area contributed by atoms with Crippen LogP contribution >= 0.6 is 0 Å². The van der Waals surface area contributed by atoms with E-state index in [4.69, 9.17) is 0 Å². The fourth-order valence-electron chi connectivity index (χ4n) is 1.89. The molecule has 0 aromatic carbocycles. The molecular formula is C14H20O6. The molecule has 0 amide bonds. The molecule has 0 N–H and O–H groups in total. The van der Waals surface area contributed by atoms with E-state index in [1.165, 1.54) is 0 Å². The summed E-state index contributed by atoms with van der Waals surface area (Å²) in [5, 5.41) is 0. The first-order valence-electron chi connectivity index (χ1n) is 7.05. The Kier molecular flexibility index (Phi) is 7.54. The van der Waals surface area contributed by atoms with Crippen molar-refractivity contribution in [2.45, 2.75) is 64.2 Å². The van der Waals surface area contributed by atoms with E-state index in [2.05, 4.69) is 9.47 Å². The van der Waals surface area contributed by atoms with Crippen molar-refractivity contribution < 1.29 is 28.7 Å². The molecule has 0 aliphatic carbocycles. The summed E-state index contributed by atoms with van der Waals surface area (Å²) in [6, 6.07) is 0. The molecule has 0 radical (unpaired) electrons. The molecular weight excluding hydrogens is 264 g/mol. The highest BCUT2D eigenvalue weighted by molar-refractivity contribution is 5.86. The number of hydrogen-bond acceptors (Lipinski definition) is 6. The van der Waals surface area contributed by atoms with Crippen molar-refractivity contribution in [3.05, 3.63) is 0 Å². The predicted molar refractivity (Wildman–Crippen MR) is 68.4 cm³/mol. The lowest BCUT2D eigenvalue weighted by Crippen LogP contribution is -2.14. The Hall–Kier alpha value is -1.72. The van der Waals surface area contributed by atoms with E-state index in [0.29, 0.717) is 25.7 Å². The standard InChI is InChI=1S/C14H20O6/c15-11-7-3-1-2-4-8-12(16)20-14(18)10-6-5-9-13(17)19-11/h1-10H2. The molecule has 0 aromatic rings. The lowest BCUT2D eigenvalue weighted by atomic mass is 10.1. The Morgan fingerprint density at radius 2 is 0.700 bits per heavy atom. The lowest BCUT2D eigenvalue weighted by Gasteiger charge is -2.06. The van der Waals surface area contributed by atoms with Crippen molar-refractivity contribution >= 4 is 23.9 Å². The number of ether oxygens (including phenoxy) is 2. The maximum absolute atomic E-state index is 11.3. The first-order chi connectivity index (χ1) is 9.58. The van der Waals surface area contributed by atoms with E-state index in [1.807, 2.05) is 0 Å². The highest BCUT2D eigenvalue weighted by Gasteiger charge is 2.13. The number of carbonyl (C=O) groups excluding carboxylic acids is 4. The summed E-state index contributed by atoms with van der Waals surface area (Å²) in [4.78, 5) is 45.3. The summed E-state index contributed by atoms with van der Waals surface area (Å²) in [5.41, 5.74) is 0. The van der Waals surface area contributed by atoms with E-state index in [-0.39, 0.29) is 25.7 Å². The molecule has 0 aromatic heterocycles. The molecule has 6 heteroatoms. The smallest absolute Gasteiger partial charge is 0.313 e. The minimum absolute atomic E-state index is 0.0902. The number of rotatable bonds is 0. The van der Waals surface area contributed by atoms with Gasteiger partial charge in [0, 0.05) is 25.7 Å². The van der Waals surface area contributed by atoms with Crippen molar-refractivity contribution in [2.24, 2.45) is 0 Å². The van der Waals surface area contributed by atoms with E-state index < -0.39 is 23.9 Å². The van der Waals surface area contributed by atoms with Gasteiger partial charge in [0.2, 0.25) is 0 Å². The summed E-state index contributed by atoms with van der Waals surface area (Å²) in [6.07, 6.45) is 4.25. The van der Waals surface area contributed by atoms with Gasteiger partial charge in [-0.05, 0) is 25.7 Å². The van der Waals surface area contributed by atoms with Crippen molar-refractivity contribution in [1.29, 1.82) is 0 Å². The summed E-state index contributed by atoms with van der Waals surface area (Å²) < 4.78 is 9.29. The molecule has 1 saturated heterocycles. The van der Waals surface area contributed by atoms with Gasteiger partial charge >= 0.3 is 23.9 Å². The van der Waals surface area contributed by atoms with Gasteiger partial charge in [-0.2, -0.15) is 0 Å². The summed E-state index contributed by atoms with van der Waals surface area (Å²) in [5.74, 6) is -2.13. The van der Waals surface area contributed by atoms with E-state index in [9.17, 15) is 19.2 Å². The second-order valence-corrected chi connectivity index (χ2v) is 4.81. The summed E-state index contributed by atoms with van der Waals surface area (Å²) >= 11 is 0. The van der Waals surface area contributed by atoms with Crippen LogP contribution in [-0.2, 0) is 28.7 Å². The van der Waals surface area contributed by atoms with Crippen LogP contribution < -0.4 is 0 Å². The molecule has 0 bridgehead atoms. The van der Waals surface area contributed by atoms with Crippen LogP contribution in [0.15, 0.2) is 0 Å². The van der Waals surface area contributed by atoms with Gasteiger partial charge in [0.15, 0.2) is 0 Å². The summed E-state index contributed by atoms with van der Waals surface area (Å²) in [7, 11) is 0. The van der Waals surface area contributed by atoms with Crippen LogP contribution in [0.5, 0.6) is 0 Å². The van der Waals surface area contributed by atoms with E-state index >= 15 is 0 Å². The Morgan fingerprint density at radius 3 is 1.00 bits per heavy atom. The molecule has 0 unspecified atom stereocenters. The first-order valence-corrected chi connectivity index (χ1v) is 7.05. The summed E-state index contributed by atoms with van der Waals surface area (Å²) in [6.45, 7) is 0. The van der Waals surface area contributed by atoms with Crippen molar-refractivity contribution in [3.63, 3.8) is 0 Å². The Balaban J connectivity index is 2.42. The number of cyclic esters (lactones) is 4. The second-order valence-electron chi connectivity index (χ2n) is 4.81. The average Bonchev–Trinajstić information content (AvgIpc) is 2.37. The molecule has 20 heavy (non-hydrogen) atoms. The molecule has 1 aliphatic heterocycles. The molecule has 1 aliphatic rings. The third-order valence-electron chi connectivity index (χ3n) is 2.98. The predicted octanol–water partition coefficient (Wildman–Crippen LogP) is 2.04. The van der Waals surface area contributed by atoms with Crippen LogP contribution in [0.3, 0.4) is 0 Å². The highest BCUT2D eigenvalue weighted by atomic mass is 16.6. The van der Waals surface area contributed by atoms with Crippen molar-refractivity contribution in [2.75, 3.05) is 0 Å². The monoisotopic (exact) mass is 284 g/mol. The Morgan fingerprint density at radius 1 is 0.450 bits per heavy atom. The third kappa shape index (κ3) is 7.66. The van der Waals surface area contributed by atoms with Crippen LogP contribution in [0.2, 0.25) is 0 Å². The van der Waals surface area contributed by atoms with Crippen LogP contribution in [0.4, 0.5) is 0 Å². The van der Waals surface area contributed by atoms with Gasteiger partial charge in [-0.15, -0.1) is 0 Å². The molecule has 1 heterocycles. The topological polar surface area (TPSA) is 86.7 Å². The maximum Gasteiger partial charge on any atom is 0.313 e. The van der Waals surface area contributed by atoms with Crippen molar-refractivity contribution in [3.8, 4) is 0 Å². The van der Waals surface area contributed by atoms with Gasteiger partial charge in [0.1, 0.15) is 0 Å². The van der Waals surface area contributed by atoms with Gasteiger partial charge in [0.25, 0.3) is 0 Å². The first kappa shape index (κ1) is 16.3. The average molecular weight is 284 g/mol. The van der Waals surface area contributed by atoms with Crippen LogP contribution in [-0.4, -0.2) is 23.9 Å². The zero-order valence-electron chi connectivity index (χ0n) is 11.5. The van der Waals surface area contributed by atoms with Gasteiger partial charge < -0.3 is 9.47 Å². The molecule has 6 nitrogen and oxygen atoms in total. The van der Waals surface area contributed by atoms with Crippen molar-refractivity contribution in [1.82, 2.24) is 0 Å². The molecule has 1 rings (SSSR count). The largest absolute Gasteiger partial charge is 0.393 e. The highest BCUT2D eigenvalue weighted by Crippen LogP contribution is 2.10.